The van der Waals surface area contributed by atoms with E-state index >= 15 is 0 Å². The summed E-state index contributed by atoms with van der Waals surface area (Å²) in [5, 5.41) is 8.94. The Hall–Kier alpha value is -2.05. The first-order valence-corrected chi connectivity index (χ1v) is 9.05. The van der Waals surface area contributed by atoms with E-state index in [1.54, 1.807) is 6.08 Å². The van der Waals surface area contributed by atoms with Crippen LogP contribution in [0, 0.1) is 5.92 Å². The van der Waals surface area contributed by atoms with Crippen LogP contribution in [0.15, 0.2) is 37.2 Å². The second-order valence-corrected chi connectivity index (χ2v) is 7.10. The first-order valence-electron chi connectivity index (χ1n) is 9.05. The van der Waals surface area contributed by atoms with Crippen molar-refractivity contribution in [3.63, 3.8) is 0 Å². The highest BCUT2D eigenvalue weighted by Crippen LogP contribution is 2.34. The molecule has 3 heterocycles. The van der Waals surface area contributed by atoms with E-state index in [1.165, 1.54) is 24.1 Å². The van der Waals surface area contributed by atoms with Crippen LogP contribution in [0.5, 0.6) is 0 Å². The smallest absolute Gasteiger partial charge is 0.100 e. The van der Waals surface area contributed by atoms with Crippen molar-refractivity contribution in [1.29, 1.82) is 0 Å². The molecule has 132 valence electrons. The summed E-state index contributed by atoms with van der Waals surface area (Å²) in [4.78, 5) is 6.53. The molecule has 2 aliphatic rings. The number of ether oxygens (including phenoxy) is 1. The molecule has 6 nitrogen and oxygen atoms in total. The lowest BCUT2D eigenvalue weighted by atomic mass is 9.98. The molecule has 25 heavy (non-hydrogen) atoms. The predicted molar refractivity (Wildman–Crippen MR) is 94.9 cm³/mol. The lowest BCUT2D eigenvalue weighted by Crippen LogP contribution is -2.36. The quantitative estimate of drug-likeness (QED) is 0.546. The first-order chi connectivity index (χ1) is 12.3. The molecule has 0 amide bonds. The van der Waals surface area contributed by atoms with Gasteiger partial charge in [0, 0.05) is 44.5 Å². The van der Waals surface area contributed by atoms with Gasteiger partial charge < -0.3 is 4.74 Å². The molecular weight excluding hydrogens is 314 g/mol. The summed E-state index contributed by atoms with van der Waals surface area (Å²) in [5.41, 5.74) is 3.66. The van der Waals surface area contributed by atoms with E-state index in [4.69, 9.17) is 4.74 Å². The molecule has 2 aromatic heterocycles. The van der Waals surface area contributed by atoms with Gasteiger partial charge in [0.2, 0.25) is 0 Å². The van der Waals surface area contributed by atoms with Gasteiger partial charge in [0.05, 0.1) is 18.9 Å². The summed E-state index contributed by atoms with van der Waals surface area (Å²) in [6.07, 6.45) is 8.14. The molecule has 0 N–H and O–H groups in total. The van der Waals surface area contributed by atoms with Crippen LogP contribution in [0.2, 0.25) is 0 Å². The van der Waals surface area contributed by atoms with Crippen LogP contribution in [0.3, 0.4) is 0 Å². The van der Waals surface area contributed by atoms with Gasteiger partial charge >= 0.3 is 0 Å². The van der Waals surface area contributed by atoms with Gasteiger partial charge in [-0.05, 0) is 36.5 Å². The predicted octanol–water partition coefficient (Wildman–Crippen LogP) is 2.39. The molecule has 0 unspecified atom stereocenters. The van der Waals surface area contributed by atoms with Gasteiger partial charge in [0.1, 0.15) is 5.69 Å². The fourth-order valence-electron chi connectivity index (χ4n) is 3.56. The van der Waals surface area contributed by atoms with Crippen LogP contribution in [-0.2, 0) is 24.4 Å². The number of fused-ring (bicyclic) bond motifs is 1. The lowest BCUT2D eigenvalue weighted by Gasteiger charge is -2.32. The molecule has 0 spiro atoms. The summed E-state index contributed by atoms with van der Waals surface area (Å²) in [7, 11) is 0. The maximum Gasteiger partial charge on any atom is 0.100 e. The summed E-state index contributed by atoms with van der Waals surface area (Å²) in [5.74, 6) is 1.09. The summed E-state index contributed by atoms with van der Waals surface area (Å²) >= 11 is 0. The second kappa shape index (κ2) is 7.45. The van der Waals surface area contributed by atoms with E-state index in [9.17, 15) is 0 Å². The Bertz CT molecular complexity index is 710. The van der Waals surface area contributed by atoms with E-state index in [1.807, 2.05) is 12.4 Å². The van der Waals surface area contributed by atoms with Gasteiger partial charge in [-0.3, -0.25) is 9.88 Å². The molecule has 0 aromatic carbocycles. The highest BCUT2D eigenvalue weighted by Gasteiger charge is 2.33. The molecule has 0 radical (unpaired) electrons. The van der Waals surface area contributed by atoms with Gasteiger partial charge in [0.25, 0.3) is 0 Å². The minimum absolute atomic E-state index is 0.305. The Morgan fingerprint density at radius 1 is 1.28 bits per heavy atom. The van der Waals surface area contributed by atoms with Crippen LogP contribution >= 0.6 is 0 Å². The van der Waals surface area contributed by atoms with Crippen molar-refractivity contribution >= 4 is 0 Å². The first kappa shape index (κ1) is 16.4. The van der Waals surface area contributed by atoms with Crippen molar-refractivity contribution in [2.24, 2.45) is 5.92 Å². The zero-order valence-electron chi connectivity index (χ0n) is 14.5. The lowest BCUT2D eigenvalue weighted by molar-refractivity contribution is 0.111. The third kappa shape index (κ3) is 3.96. The molecule has 0 saturated heterocycles. The summed E-state index contributed by atoms with van der Waals surface area (Å²) in [6, 6.07) is 4.14. The number of hydrogen-bond acceptors (Lipinski definition) is 5. The molecule has 2 aromatic rings. The van der Waals surface area contributed by atoms with Gasteiger partial charge in [-0.15, -0.1) is 11.7 Å². The van der Waals surface area contributed by atoms with Gasteiger partial charge in [-0.2, -0.15) is 0 Å². The molecule has 1 fully saturated rings. The maximum absolute atomic E-state index is 5.80. The minimum Gasteiger partial charge on any atom is -0.377 e. The number of nitrogens with zero attached hydrogens (tertiary/aromatic N) is 5. The van der Waals surface area contributed by atoms with E-state index in [0.29, 0.717) is 19.1 Å². The molecule has 4 rings (SSSR count). The van der Waals surface area contributed by atoms with Crippen LogP contribution in [0.1, 0.15) is 35.7 Å². The molecule has 1 aliphatic carbocycles. The molecule has 1 saturated carbocycles. The Balaban J connectivity index is 1.52. The SMILES string of the molecule is C=CCOC[C@H]1CN(Cc2ccncc2)Cc2nnn(CC3CC3)c21. The van der Waals surface area contributed by atoms with Crippen LogP contribution < -0.4 is 0 Å². The molecular formula is C19H25N5O. The van der Waals surface area contributed by atoms with Crippen molar-refractivity contribution in [2.75, 3.05) is 19.8 Å². The van der Waals surface area contributed by atoms with Crippen molar-refractivity contribution < 1.29 is 4.74 Å². The second-order valence-electron chi connectivity index (χ2n) is 7.10. The van der Waals surface area contributed by atoms with Crippen molar-refractivity contribution in [1.82, 2.24) is 24.9 Å². The fraction of sp³-hybridized carbons (Fsp3) is 0.526. The van der Waals surface area contributed by atoms with Crippen molar-refractivity contribution in [3.8, 4) is 0 Å². The van der Waals surface area contributed by atoms with Crippen molar-refractivity contribution in [3.05, 3.63) is 54.1 Å². The highest BCUT2D eigenvalue weighted by atomic mass is 16.5. The van der Waals surface area contributed by atoms with Crippen LogP contribution in [0.25, 0.3) is 0 Å². The van der Waals surface area contributed by atoms with Crippen LogP contribution in [-0.4, -0.2) is 44.6 Å². The van der Waals surface area contributed by atoms with Gasteiger partial charge in [0.15, 0.2) is 0 Å². The van der Waals surface area contributed by atoms with E-state index in [0.717, 1.165) is 37.8 Å². The molecule has 1 aliphatic heterocycles. The monoisotopic (exact) mass is 339 g/mol. The van der Waals surface area contributed by atoms with E-state index < -0.39 is 0 Å². The Kier molecular flexibility index (Phi) is 4.90. The average molecular weight is 339 g/mol. The Labute approximate surface area is 148 Å². The van der Waals surface area contributed by atoms with E-state index in [-0.39, 0.29) is 0 Å². The Morgan fingerprint density at radius 2 is 2.12 bits per heavy atom. The summed E-state index contributed by atoms with van der Waals surface area (Å²) in [6.45, 7) is 8.72. The zero-order valence-corrected chi connectivity index (χ0v) is 14.5. The number of rotatable bonds is 8. The Morgan fingerprint density at radius 3 is 2.88 bits per heavy atom. The average Bonchev–Trinajstić information content (AvgIpc) is 3.35. The number of pyridine rings is 1. The highest BCUT2D eigenvalue weighted by molar-refractivity contribution is 5.21. The summed E-state index contributed by atoms with van der Waals surface area (Å²) < 4.78 is 7.94. The van der Waals surface area contributed by atoms with Gasteiger partial charge in [-0.25, -0.2) is 4.68 Å². The zero-order chi connectivity index (χ0) is 17.1. The van der Waals surface area contributed by atoms with Crippen LogP contribution in [0.4, 0.5) is 0 Å². The topological polar surface area (TPSA) is 56.1 Å². The third-order valence-corrected chi connectivity index (χ3v) is 4.92. The standard InChI is InChI=1S/C19H25N5O/c1-2-9-25-14-17-12-23(10-16-5-7-20-8-6-16)13-18-19(17)24(22-21-18)11-15-3-4-15/h2,5-8,15,17H,1,3-4,9-14H2/t17-/m1/s1. The number of aromatic nitrogens is 4. The van der Waals surface area contributed by atoms with Gasteiger partial charge in [-0.1, -0.05) is 11.3 Å². The minimum atomic E-state index is 0.305. The largest absolute Gasteiger partial charge is 0.377 e. The van der Waals surface area contributed by atoms with Crippen molar-refractivity contribution in [2.45, 2.75) is 38.4 Å². The molecule has 1 atom stereocenters. The third-order valence-electron chi connectivity index (χ3n) is 4.92. The molecule has 6 heteroatoms. The normalized spacial score (nSPS) is 20.4. The number of hydrogen-bond donors (Lipinski definition) is 0. The van der Waals surface area contributed by atoms with E-state index in [2.05, 4.69) is 43.6 Å². The molecule has 0 bridgehead atoms. The fourth-order valence-corrected chi connectivity index (χ4v) is 3.56. The maximum atomic E-state index is 5.80.